The van der Waals surface area contributed by atoms with Crippen molar-refractivity contribution in [1.29, 1.82) is 0 Å². The van der Waals surface area contributed by atoms with E-state index in [1.807, 2.05) is 12.1 Å². The largest absolute Gasteiger partial charge is 0.573 e. The molecule has 2 aromatic carbocycles. The fourth-order valence-electron chi connectivity index (χ4n) is 4.68. The number of hydrogen-bond acceptors (Lipinski definition) is 1. The van der Waals surface area contributed by atoms with Crippen LogP contribution in [0, 0.1) is 23.7 Å². The Morgan fingerprint density at radius 1 is 0.758 bits per heavy atom. The third kappa shape index (κ3) is 9.54. The number of aryl methyl sites for hydroxylation is 1. The van der Waals surface area contributed by atoms with E-state index in [2.05, 4.69) is 35.6 Å². The van der Waals surface area contributed by atoms with Crippen molar-refractivity contribution in [3.05, 3.63) is 65.2 Å². The second-order valence-electron chi connectivity index (χ2n) is 9.29. The van der Waals surface area contributed by atoms with Crippen molar-refractivity contribution in [3.63, 3.8) is 0 Å². The van der Waals surface area contributed by atoms with E-state index < -0.39 is 6.36 Å². The lowest BCUT2D eigenvalue weighted by molar-refractivity contribution is -0.274. The van der Waals surface area contributed by atoms with Crippen molar-refractivity contribution < 1.29 is 17.9 Å². The van der Waals surface area contributed by atoms with Crippen LogP contribution in [0.2, 0.25) is 0 Å². The first-order valence-corrected chi connectivity index (χ1v) is 12.4. The van der Waals surface area contributed by atoms with Crippen molar-refractivity contribution in [2.75, 3.05) is 0 Å². The Hall–Kier alpha value is -2.41. The molecule has 1 fully saturated rings. The zero-order valence-electron chi connectivity index (χ0n) is 19.6. The maximum absolute atomic E-state index is 12.2. The minimum absolute atomic E-state index is 0.238. The van der Waals surface area contributed by atoms with Crippen LogP contribution in [0.15, 0.2) is 48.5 Å². The summed E-state index contributed by atoms with van der Waals surface area (Å²) in [5, 5.41) is 0. The van der Waals surface area contributed by atoms with Gasteiger partial charge in [-0.1, -0.05) is 88.7 Å². The summed E-state index contributed by atoms with van der Waals surface area (Å²) in [6.07, 6.45) is 10.2. The van der Waals surface area contributed by atoms with Gasteiger partial charge in [0, 0.05) is 11.1 Å². The fraction of sp³-hybridized carbons (Fsp3) is 0.517. The molecular weight excluding hydrogens is 421 g/mol. The van der Waals surface area contributed by atoms with Gasteiger partial charge in [0.05, 0.1) is 0 Å². The van der Waals surface area contributed by atoms with E-state index in [4.69, 9.17) is 0 Å². The Morgan fingerprint density at radius 3 is 1.85 bits per heavy atom. The van der Waals surface area contributed by atoms with E-state index in [0.29, 0.717) is 5.56 Å². The van der Waals surface area contributed by atoms with E-state index in [-0.39, 0.29) is 5.75 Å². The minimum atomic E-state index is -4.68. The van der Waals surface area contributed by atoms with Crippen molar-refractivity contribution in [2.24, 2.45) is 11.8 Å². The summed E-state index contributed by atoms with van der Waals surface area (Å²) < 4.78 is 40.6. The van der Waals surface area contributed by atoms with Crippen LogP contribution in [-0.2, 0) is 6.42 Å². The molecule has 0 saturated heterocycles. The van der Waals surface area contributed by atoms with Gasteiger partial charge in [-0.3, -0.25) is 0 Å². The Balaban J connectivity index is 1.40. The number of unbranched alkanes of at least 4 members (excludes halogenated alkanes) is 3. The predicted octanol–water partition coefficient (Wildman–Crippen LogP) is 8.69. The zero-order valence-corrected chi connectivity index (χ0v) is 19.6. The third-order valence-corrected chi connectivity index (χ3v) is 6.67. The maximum atomic E-state index is 12.2. The highest BCUT2D eigenvalue weighted by Gasteiger charge is 2.30. The molecule has 0 atom stereocenters. The molecular formula is C29H35F3O. The van der Waals surface area contributed by atoms with Crippen molar-refractivity contribution in [3.8, 4) is 17.6 Å². The van der Waals surface area contributed by atoms with E-state index in [1.54, 1.807) is 0 Å². The van der Waals surface area contributed by atoms with Crippen molar-refractivity contribution in [2.45, 2.75) is 83.9 Å². The van der Waals surface area contributed by atoms with Gasteiger partial charge in [0.25, 0.3) is 0 Å². The van der Waals surface area contributed by atoms with Crippen LogP contribution in [0.1, 0.15) is 87.8 Å². The lowest BCUT2D eigenvalue weighted by atomic mass is 9.77. The number of hydrogen-bond donors (Lipinski definition) is 0. The molecule has 33 heavy (non-hydrogen) atoms. The van der Waals surface area contributed by atoms with Gasteiger partial charge in [-0.15, -0.1) is 13.2 Å². The Morgan fingerprint density at radius 2 is 1.30 bits per heavy atom. The van der Waals surface area contributed by atoms with Crippen LogP contribution < -0.4 is 4.74 Å². The summed E-state index contributed by atoms with van der Waals surface area (Å²) in [6, 6.07) is 14.0. The number of halogens is 3. The molecule has 178 valence electrons. The average Bonchev–Trinajstić information content (AvgIpc) is 2.80. The second-order valence-corrected chi connectivity index (χ2v) is 9.29. The molecule has 1 aliphatic rings. The highest BCUT2D eigenvalue weighted by atomic mass is 19.4. The molecule has 0 heterocycles. The monoisotopic (exact) mass is 456 g/mol. The zero-order chi connectivity index (χ0) is 23.5. The van der Waals surface area contributed by atoms with Gasteiger partial charge in [0.15, 0.2) is 0 Å². The first-order valence-electron chi connectivity index (χ1n) is 12.4. The molecule has 0 amide bonds. The van der Waals surface area contributed by atoms with Crippen LogP contribution in [0.3, 0.4) is 0 Å². The maximum Gasteiger partial charge on any atom is 0.573 e. The molecule has 0 aliphatic heterocycles. The van der Waals surface area contributed by atoms with Crippen LogP contribution in [0.25, 0.3) is 0 Å². The number of benzene rings is 2. The fourth-order valence-corrected chi connectivity index (χ4v) is 4.68. The molecule has 4 heteroatoms. The molecule has 0 spiro atoms. The normalized spacial score (nSPS) is 18.4. The van der Waals surface area contributed by atoms with Gasteiger partial charge in [0.1, 0.15) is 5.75 Å². The molecule has 0 N–H and O–H groups in total. The highest BCUT2D eigenvalue weighted by Crippen LogP contribution is 2.34. The number of alkyl halides is 3. The molecule has 1 aliphatic carbocycles. The first kappa shape index (κ1) is 25.2. The number of rotatable bonds is 9. The molecule has 0 aromatic heterocycles. The smallest absolute Gasteiger partial charge is 0.406 e. The Labute approximate surface area is 196 Å². The summed E-state index contributed by atoms with van der Waals surface area (Å²) >= 11 is 0. The van der Waals surface area contributed by atoms with Crippen LogP contribution >= 0.6 is 0 Å². The highest BCUT2D eigenvalue weighted by molar-refractivity contribution is 5.44. The van der Waals surface area contributed by atoms with Gasteiger partial charge in [-0.25, -0.2) is 0 Å². The summed E-state index contributed by atoms with van der Waals surface area (Å²) in [5.74, 6) is 7.66. The van der Waals surface area contributed by atoms with Gasteiger partial charge < -0.3 is 4.74 Å². The van der Waals surface area contributed by atoms with Crippen molar-refractivity contribution in [1.82, 2.24) is 0 Å². The lowest BCUT2D eigenvalue weighted by Gasteiger charge is -2.28. The molecule has 0 radical (unpaired) electrons. The predicted molar refractivity (Wildman–Crippen MR) is 128 cm³/mol. The van der Waals surface area contributed by atoms with E-state index in [1.165, 1.54) is 94.0 Å². The number of ether oxygens (including phenoxy) is 1. The first-order chi connectivity index (χ1) is 15.9. The van der Waals surface area contributed by atoms with Crippen LogP contribution in [-0.4, -0.2) is 6.36 Å². The third-order valence-electron chi connectivity index (χ3n) is 6.67. The van der Waals surface area contributed by atoms with Crippen LogP contribution in [0.5, 0.6) is 5.75 Å². The van der Waals surface area contributed by atoms with Gasteiger partial charge >= 0.3 is 6.36 Å². The standard InChI is InChI=1S/C29H35F3O/c1-2-3-4-5-6-23-7-9-24(10-8-23)11-12-25-13-15-26(16-14-25)17-18-27-19-21-28(22-20-27)33-29(30,31)32/h13-16,19-24H,2-12H2,1H3. The van der Waals surface area contributed by atoms with E-state index in [0.717, 1.165) is 23.8 Å². The van der Waals surface area contributed by atoms with Gasteiger partial charge in [-0.05, 0) is 66.6 Å². The van der Waals surface area contributed by atoms with E-state index >= 15 is 0 Å². The lowest BCUT2D eigenvalue weighted by Crippen LogP contribution is -2.16. The minimum Gasteiger partial charge on any atom is -0.406 e. The summed E-state index contributed by atoms with van der Waals surface area (Å²) in [6.45, 7) is 2.27. The van der Waals surface area contributed by atoms with Crippen molar-refractivity contribution >= 4 is 0 Å². The van der Waals surface area contributed by atoms with Gasteiger partial charge in [-0.2, -0.15) is 0 Å². The summed E-state index contributed by atoms with van der Waals surface area (Å²) in [4.78, 5) is 0. The molecule has 1 saturated carbocycles. The molecule has 2 aromatic rings. The van der Waals surface area contributed by atoms with Crippen LogP contribution in [0.4, 0.5) is 13.2 Å². The molecule has 1 nitrogen and oxygen atoms in total. The Bertz CT molecular complexity index is 880. The molecule has 0 bridgehead atoms. The SMILES string of the molecule is CCCCCCC1CCC(CCc2ccc(C#Cc3ccc(OC(F)(F)F)cc3)cc2)CC1. The Kier molecular flexibility index (Phi) is 9.73. The quantitative estimate of drug-likeness (QED) is 0.271. The molecule has 0 unspecified atom stereocenters. The second kappa shape index (κ2) is 12.7. The molecule has 3 rings (SSSR count). The summed E-state index contributed by atoms with van der Waals surface area (Å²) in [5.41, 5.74) is 2.89. The average molecular weight is 457 g/mol. The summed E-state index contributed by atoms with van der Waals surface area (Å²) in [7, 11) is 0. The topological polar surface area (TPSA) is 9.23 Å². The van der Waals surface area contributed by atoms with Gasteiger partial charge in [0.2, 0.25) is 0 Å². The van der Waals surface area contributed by atoms with E-state index in [9.17, 15) is 13.2 Å².